The molecule has 6 heteroatoms. The number of nitrogens with one attached hydrogen (secondary N) is 1. The number of hydrogen-bond donors (Lipinski definition) is 1. The Balaban J connectivity index is 2.39. The van der Waals surface area contributed by atoms with Crippen molar-refractivity contribution in [3.63, 3.8) is 0 Å². The number of carbonyl (C=O) groups is 1. The van der Waals surface area contributed by atoms with Gasteiger partial charge in [0.15, 0.2) is 4.80 Å². The number of rotatable bonds is 4. The molecule has 5 nitrogen and oxygen atoms in total. The first-order valence-corrected chi connectivity index (χ1v) is 7.59. The third-order valence-corrected chi connectivity index (χ3v) is 3.87. The molecule has 1 aromatic carbocycles. The first-order valence-electron chi connectivity index (χ1n) is 6.77. The van der Waals surface area contributed by atoms with Crippen LogP contribution in [0, 0.1) is 0 Å². The Bertz CT molecular complexity index is 748. The van der Waals surface area contributed by atoms with Gasteiger partial charge in [-0.15, -0.1) is 0 Å². The summed E-state index contributed by atoms with van der Waals surface area (Å²) < 4.78 is 1.56. The lowest BCUT2D eigenvalue weighted by Gasteiger charge is -2.06. The minimum atomic E-state index is -0.292. The van der Waals surface area contributed by atoms with Crippen LogP contribution in [0.4, 0.5) is 5.69 Å². The van der Waals surface area contributed by atoms with E-state index >= 15 is 0 Å². The van der Waals surface area contributed by atoms with Crippen molar-refractivity contribution in [3.05, 3.63) is 56.4 Å². The summed E-state index contributed by atoms with van der Waals surface area (Å²) in [5.41, 5.74) is 0.491. The molecule has 110 valence electrons. The fourth-order valence-corrected chi connectivity index (χ4v) is 2.86. The second-order valence-electron chi connectivity index (χ2n) is 4.27. The molecule has 0 unspecified atom stereocenters. The van der Waals surface area contributed by atoms with Gasteiger partial charge < -0.3 is 5.32 Å². The van der Waals surface area contributed by atoms with Crippen molar-refractivity contribution in [1.82, 2.24) is 4.57 Å². The lowest BCUT2D eigenvalue weighted by Crippen LogP contribution is -2.32. The molecule has 1 aromatic heterocycles. The zero-order valence-corrected chi connectivity index (χ0v) is 12.8. The molecule has 0 saturated heterocycles. The quantitative estimate of drug-likeness (QED) is 0.940. The van der Waals surface area contributed by atoms with Crippen LogP contribution in [0.1, 0.15) is 23.5 Å². The van der Waals surface area contributed by atoms with Crippen LogP contribution in [0.25, 0.3) is 0 Å². The molecule has 0 aliphatic carbocycles. The van der Waals surface area contributed by atoms with Crippen molar-refractivity contribution in [3.8, 4) is 0 Å². The van der Waals surface area contributed by atoms with Crippen LogP contribution in [0.15, 0.2) is 46.2 Å². The lowest BCUT2D eigenvalue weighted by atomic mass is 10.3. The average molecular weight is 303 g/mol. The predicted molar refractivity (Wildman–Crippen MR) is 84.8 cm³/mol. The third-order valence-electron chi connectivity index (χ3n) is 2.82. The molecular weight excluding hydrogens is 286 g/mol. The van der Waals surface area contributed by atoms with Crippen LogP contribution >= 0.6 is 11.3 Å². The lowest BCUT2D eigenvalue weighted by molar-refractivity contribution is 0.103. The van der Waals surface area contributed by atoms with E-state index in [2.05, 4.69) is 10.3 Å². The fourth-order valence-electron chi connectivity index (χ4n) is 1.84. The maximum atomic E-state index is 12.2. The Morgan fingerprint density at radius 3 is 2.62 bits per heavy atom. The van der Waals surface area contributed by atoms with E-state index in [9.17, 15) is 9.59 Å². The van der Waals surface area contributed by atoms with Gasteiger partial charge in [-0.05, 0) is 26.0 Å². The van der Waals surface area contributed by atoms with Gasteiger partial charge in [-0.3, -0.25) is 19.1 Å². The van der Waals surface area contributed by atoms with E-state index in [0.717, 1.165) is 0 Å². The van der Waals surface area contributed by atoms with Crippen LogP contribution in [-0.4, -0.2) is 17.0 Å². The number of nitrogens with zero attached hydrogens (tertiary/aromatic N) is 2. The summed E-state index contributed by atoms with van der Waals surface area (Å²) in [6, 6.07) is 10.5. The van der Waals surface area contributed by atoms with Crippen LogP contribution in [0.5, 0.6) is 0 Å². The highest BCUT2D eigenvalue weighted by atomic mass is 32.1. The van der Waals surface area contributed by atoms with Crippen LogP contribution in [-0.2, 0) is 6.54 Å². The van der Waals surface area contributed by atoms with Crippen molar-refractivity contribution in [2.24, 2.45) is 4.99 Å². The molecule has 0 radical (unpaired) electrons. The molecule has 0 fully saturated rings. The van der Waals surface area contributed by atoms with Gasteiger partial charge in [0.25, 0.3) is 11.5 Å². The number of anilines is 1. The number of carbonyl (C=O) groups excluding carboxylic acids is 1. The van der Waals surface area contributed by atoms with Gasteiger partial charge in [0, 0.05) is 24.8 Å². The number of para-hydroxylation sites is 1. The van der Waals surface area contributed by atoms with Gasteiger partial charge >= 0.3 is 0 Å². The Morgan fingerprint density at radius 2 is 2.00 bits per heavy atom. The zero-order valence-electron chi connectivity index (χ0n) is 12.0. The summed E-state index contributed by atoms with van der Waals surface area (Å²) in [6.07, 6.45) is 0. The summed E-state index contributed by atoms with van der Waals surface area (Å²) in [6.45, 7) is 4.88. The number of aromatic nitrogens is 1. The van der Waals surface area contributed by atoms with Crippen LogP contribution in [0.2, 0.25) is 0 Å². The number of hydrogen-bond acceptors (Lipinski definition) is 4. The smallest absolute Gasteiger partial charge is 0.266 e. The molecule has 1 amide bonds. The van der Waals surface area contributed by atoms with E-state index in [0.29, 0.717) is 28.5 Å². The van der Waals surface area contributed by atoms with E-state index in [1.54, 1.807) is 16.7 Å². The van der Waals surface area contributed by atoms with Crippen molar-refractivity contribution in [1.29, 1.82) is 0 Å². The van der Waals surface area contributed by atoms with Gasteiger partial charge in [-0.1, -0.05) is 29.5 Å². The highest BCUT2D eigenvalue weighted by Crippen LogP contribution is 2.08. The molecule has 0 aliphatic heterocycles. The molecular formula is C15H17N3O2S. The molecule has 0 spiro atoms. The summed E-state index contributed by atoms with van der Waals surface area (Å²) in [4.78, 5) is 29.5. The molecule has 0 bridgehead atoms. The van der Waals surface area contributed by atoms with Gasteiger partial charge in [0.2, 0.25) is 0 Å². The molecule has 0 saturated carbocycles. The van der Waals surface area contributed by atoms with Crippen LogP contribution in [0.3, 0.4) is 0 Å². The molecule has 0 atom stereocenters. The maximum absolute atomic E-state index is 12.2. The second kappa shape index (κ2) is 6.99. The topological polar surface area (TPSA) is 63.5 Å². The molecule has 2 aromatic rings. The third kappa shape index (κ3) is 3.66. The minimum absolute atomic E-state index is 0.207. The SMILES string of the molecule is CCN=c1sc(C(=O)Nc2ccccc2)cc(=O)n1CC. The maximum Gasteiger partial charge on any atom is 0.266 e. The second-order valence-corrected chi connectivity index (χ2v) is 5.28. The minimum Gasteiger partial charge on any atom is -0.321 e. The summed E-state index contributed by atoms with van der Waals surface area (Å²) in [5.74, 6) is -0.292. The van der Waals surface area contributed by atoms with Crippen molar-refractivity contribution >= 4 is 22.9 Å². The van der Waals surface area contributed by atoms with E-state index in [-0.39, 0.29) is 11.5 Å². The largest absolute Gasteiger partial charge is 0.321 e. The van der Waals surface area contributed by atoms with E-state index in [1.165, 1.54) is 17.4 Å². The van der Waals surface area contributed by atoms with Crippen molar-refractivity contribution < 1.29 is 4.79 Å². The van der Waals surface area contributed by atoms with Crippen molar-refractivity contribution in [2.75, 3.05) is 11.9 Å². The molecule has 0 aliphatic rings. The Kier molecular flexibility index (Phi) is 5.05. The number of amides is 1. The monoisotopic (exact) mass is 303 g/mol. The van der Waals surface area contributed by atoms with Crippen LogP contribution < -0.4 is 15.7 Å². The Hall–Kier alpha value is -2.21. The van der Waals surface area contributed by atoms with Gasteiger partial charge in [-0.2, -0.15) is 0 Å². The summed E-state index contributed by atoms with van der Waals surface area (Å²) in [5, 5.41) is 2.77. The van der Waals surface area contributed by atoms with Gasteiger partial charge in [-0.25, -0.2) is 0 Å². The normalized spacial score (nSPS) is 11.4. The van der Waals surface area contributed by atoms with E-state index < -0.39 is 0 Å². The summed E-state index contributed by atoms with van der Waals surface area (Å²) in [7, 11) is 0. The van der Waals surface area contributed by atoms with Crippen molar-refractivity contribution in [2.45, 2.75) is 20.4 Å². The predicted octanol–water partition coefficient (Wildman–Crippen LogP) is 2.10. The van der Waals surface area contributed by atoms with Gasteiger partial charge in [0.05, 0.1) is 0 Å². The van der Waals surface area contributed by atoms with Gasteiger partial charge in [0.1, 0.15) is 4.88 Å². The Morgan fingerprint density at radius 1 is 1.29 bits per heavy atom. The van der Waals surface area contributed by atoms with E-state index in [4.69, 9.17) is 0 Å². The molecule has 21 heavy (non-hydrogen) atoms. The molecule has 1 N–H and O–H groups in total. The fraction of sp³-hybridized carbons (Fsp3) is 0.267. The molecule has 1 heterocycles. The number of benzene rings is 1. The summed E-state index contributed by atoms with van der Waals surface area (Å²) >= 11 is 1.22. The first-order chi connectivity index (χ1) is 10.2. The average Bonchev–Trinajstić information content (AvgIpc) is 2.48. The standard InChI is InChI=1S/C15H17N3O2S/c1-3-16-15-18(4-2)13(19)10-12(21-15)14(20)17-11-8-6-5-7-9-11/h5-10H,3-4H2,1-2H3,(H,17,20). The molecule has 2 rings (SSSR count). The van der Waals surface area contributed by atoms with E-state index in [1.807, 2.05) is 32.0 Å². The highest BCUT2D eigenvalue weighted by Gasteiger charge is 2.10. The highest BCUT2D eigenvalue weighted by molar-refractivity contribution is 7.11. The first kappa shape index (κ1) is 15.2. The Labute approximate surface area is 126 Å². The zero-order chi connectivity index (χ0) is 15.2.